The number of carboxylic acid groups (broad SMARTS) is 1. The summed E-state index contributed by atoms with van der Waals surface area (Å²) in [4.78, 5) is 11.7. The predicted molar refractivity (Wildman–Crippen MR) is 153 cm³/mol. The molecule has 0 aliphatic rings. The van der Waals surface area contributed by atoms with E-state index < -0.39 is 12.1 Å². The smallest absolute Gasteiger partial charge is 0.333 e. The van der Waals surface area contributed by atoms with Crippen molar-refractivity contribution in [1.29, 1.82) is 0 Å². The van der Waals surface area contributed by atoms with Crippen molar-refractivity contribution >= 4 is 11.5 Å². The fourth-order valence-corrected chi connectivity index (χ4v) is 4.24. The van der Waals surface area contributed by atoms with E-state index in [4.69, 9.17) is 9.47 Å². The summed E-state index contributed by atoms with van der Waals surface area (Å²) in [5.41, 5.74) is 6.84. The third kappa shape index (κ3) is 8.19. The number of rotatable bonds is 13. The Morgan fingerprint density at radius 1 is 0.789 bits per heavy atom. The number of carboxylic acids is 1. The van der Waals surface area contributed by atoms with Crippen molar-refractivity contribution in [3.8, 4) is 16.9 Å². The summed E-state index contributed by atoms with van der Waals surface area (Å²) in [6, 6.07) is 36.6. The van der Waals surface area contributed by atoms with Crippen LogP contribution < -0.4 is 4.74 Å². The lowest BCUT2D eigenvalue weighted by molar-refractivity contribution is -0.150. The second kappa shape index (κ2) is 14.0. The lowest BCUT2D eigenvalue weighted by atomic mass is 10.0. The lowest BCUT2D eigenvalue weighted by Gasteiger charge is -2.14. The number of aliphatic carboxylic acids is 1. The van der Waals surface area contributed by atoms with E-state index >= 15 is 0 Å². The Bertz CT molecular complexity index is 1290. The minimum atomic E-state index is -0.942. The van der Waals surface area contributed by atoms with Gasteiger partial charge in [0.15, 0.2) is 6.10 Å². The van der Waals surface area contributed by atoms with Gasteiger partial charge in [-0.2, -0.15) is 0 Å². The molecule has 0 saturated heterocycles. The summed E-state index contributed by atoms with van der Waals surface area (Å²) in [6.45, 7) is 2.94. The standard InChI is InChI=1S/C34H34O4/c1-26(29-16-18-31(19-17-29)30-12-6-3-7-13-30)22-24-37-32-20-14-28(15-21-32)25-33(34(35)36)38-23-8-11-27-9-4-2-5-10-27/h2-7,9-10,12-22,33H,8,11,23-25H2,1H3,(H,35,36)/t33-/m0/s1. The Kier molecular flexibility index (Phi) is 9.89. The molecule has 0 unspecified atom stereocenters. The van der Waals surface area contributed by atoms with Crippen molar-refractivity contribution in [3.05, 3.63) is 132 Å². The van der Waals surface area contributed by atoms with Gasteiger partial charge in [-0.1, -0.05) is 97.1 Å². The summed E-state index contributed by atoms with van der Waals surface area (Å²) in [6.07, 6.45) is 3.17. The van der Waals surface area contributed by atoms with Crippen LogP contribution in [-0.2, 0) is 22.4 Å². The molecule has 0 heterocycles. The van der Waals surface area contributed by atoms with Gasteiger partial charge >= 0.3 is 5.97 Å². The van der Waals surface area contributed by atoms with Gasteiger partial charge in [0.05, 0.1) is 0 Å². The summed E-state index contributed by atoms with van der Waals surface area (Å²) >= 11 is 0. The van der Waals surface area contributed by atoms with Crippen LogP contribution in [0.5, 0.6) is 5.75 Å². The summed E-state index contributed by atoms with van der Waals surface area (Å²) in [5.74, 6) is -0.199. The average molecular weight is 507 g/mol. The summed E-state index contributed by atoms with van der Waals surface area (Å²) in [7, 11) is 0. The van der Waals surface area contributed by atoms with Gasteiger partial charge in [0.25, 0.3) is 0 Å². The molecule has 4 aromatic rings. The number of benzene rings is 4. The average Bonchev–Trinajstić information content (AvgIpc) is 2.96. The molecule has 4 aromatic carbocycles. The summed E-state index contributed by atoms with van der Waals surface area (Å²) in [5, 5.41) is 9.58. The molecule has 0 aromatic heterocycles. The molecule has 1 atom stereocenters. The van der Waals surface area contributed by atoms with Crippen LogP contribution in [-0.4, -0.2) is 30.4 Å². The van der Waals surface area contributed by atoms with E-state index in [2.05, 4.69) is 61.5 Å². The third-order valence-corrected chi connectivity index (χ3v) is 6.48. The van der Waals surface area contributed by atoms with E-state index in [-0.39, 0.29) is 0 Å². The molecule has 0 bridgehead atoms. The van der Waals surface area contributed by atoms with E-state index in [9.17, 15) is 9.90 Å². The van der Waals surface area contributed by atoms with E-state index in [0.29, 0.717) is 19.6 Å². The monoisotopic (exact) mass is 506 g/mol. The van der Waals surface area contributed by atoms with Crippen LogP contribution in [0.25, 0.3) is 16.7 Å². The zero-order valence-corrected chi connectivity index (χ0v) is 21.8. The molecule has 4 rings (SSSR count). The highest BCUT2D eigenvalue weighted by atomic mass is 16.5. The maximum absolute atomic E-state index is 11.7. The minimum absolute atomic E-state index is 0.318. The van der Waals surface area contributed by atoms with Crippen molar-refractivity contribution in [2.24, 2.45) is 0 Å². The largest absolute Gasteiger partial charge is 0.490 e. The topological polar surface area (TPSA) is 55.8 Å². The minimum Gasteiger partial charge on any atom is -0.490 e. The number of carbonyl (C=O) groups is 1. The van der Waals surface area contributed by atoms with Gasteiger partial charge in [-0.15, -0.1) is 0 Å². The zero-order chi connectivity index (χ0) is 26.6. The molecule has 0 amide bonds. The molecule has 0 spiro atoms. The van der Waals surface area contributed by atoms with Crippen LogP contribution >= 0.6 is 0 Å². The first kappa shape index (κ1) is 26.9. The van der Waals surface area contributed by atoms with Crippen molar-refractivity contribution in [2.75, 3.05) is 13.2 Å². The number of hydrogen-bond donors (Lipinski definition) is 1. The van der Waals surface area contributed by atoms with Crippen LogP contribution in [0.2, 0.25) is 0 Å². The van der Waals surface area contributed by atoms with E-state index in [1.54, 1.807) is 0 Å². The Morgan fingerprint density at radius 2 is 1.42 bits per heavy atom. The maximum Gasteiger partial charge on any atom is 0.333 e. The Labute approximate surface area is 225 Å². The summed E-state index contributed by atoms with van der Waals surface area (Å²) < 4.78 is 11.6. The zero-order valence-electron chi connectivity index (χ0n) is 21.8. The molecular formula is C34H34O4. The molecule has 0 aliphatic heterocycles. The molecule has 0 aliphatic carbocycles. The Balaban J connectivity index is 1.23. The van der Waals surface area contributed by atoms with Gasteiger partial charge in [-0.05, 0) is 71.4 Å². The van der Waals surface area contributed by atoms with Crippen molar-refractivity contribution in [3.63, 3.8) is 0 Å². The molecule has 1 N–H and O–H groups in total. The molecule has 4 heteroatoms. The van der Waals surface area contributed by atoms with E-state index in [0.717, 1.165) is 35.3 Å². The van der Waals surface area contributed by atoms with Crippen LogP contribution in [0.15, 0.2) is 115 Å². The normalized spacial score (nSPS) is 12.2. The van der Waals surface area contributed by atoms with Crippen LogP contribution in [0.3, 0.4) is 0 Å². The van der Waals surface area contributed by atoms with Crippen LogP contribution in [0.4, 0.5) is 0 Å². The van der Waals surface area contributed by atoms with Crippen molar-refractivity contribution in [1.82, 2.24) is 0 Å². The van der Waals surface area contributed by atoms with E-state index in [1.807, 2.05) is 60.7 Å². The van der Waals surface area contributed by atoms with Gasteiger partial charge < -0.3 is 14.6 Å². The fourth-order valence-electron chi connectivity index (χ4n) is 4.24. The molecule has 0 fully saturated rings. The molecule has 38 heavy (non-hydrogen) atoms. The third-order valence-electron chi connectivity index (χ3n) is 6.48. The first-order valence-corrected chi connectivity index (χ1v) is 13.0. The Morgan fingerprint density at radius 3 is 2.08 bits per heavy atom. The van der Waals surface area contributed by atoms with Gasteiger partial charge in [0, 0.05) is 13.0 Å². The van der Waals surface area contributed by atoms with Crippen LogP contribution in [0, 0.1) is 0 Å². The van der Waals surface area contributed by atoms with Gasteiger partial charge in [0.2, 0.25) is 0 Å². The second-order valence-electron chi connectivity index (χ2n) is 9.28. The molecule has 0 saturated carbocycles. The number of ether oxygens (including phenoxy) is 2. The van der Waals surface area contributed by atoms with Crippen molar-refractivity contribution in [2.45, 2.75) is 32.3 Å². The molecule has 194 valence electrons. The first-order valence-electron chi connectivity index (χ1n) is 13.0. The number of hydrogen-bond acceptors (Lipinski definition) is 3. The molecule has 4 nitrogen and oxygen atoms in total. The lowest BCUT2D eigenvalue weighted by Crippen LogP contribution is -2.27. The quantitative estimate of drug-likeness (QED) is 0.191. The van der Waals surface area contributed by atoms with Gasteiger partial charge in [0.1, 0.15) is 12.4 Å². The maximum atomic E-state index is 11.7. The SMILES string of the molecule is CC(=CCOc1ccc(C[C@H](OCCCc2ccccc2)C(=O)O)cc1)c1ccc(-c2ccccc2)cc1. The Hall–Kier alpha value is -4.15. The first-order chi connectivity index (χ1) is 18.6. The second-order valence-corrected chi connectivity index (χ2v) is 9.28. The van der Waals surface area contributed by atoms with Crippen molar-refractivity contribution < 1.29 is 19.4 Å². The van der Waals surface area contributed by atoms with E-state index in [1.165, 1.54) is 16.7 Å². The number of aryl methyl sites for hydroxylation is 1. The van der Waals surface area contributed by atoms with Gasteiger partial charge in [-0.3, -0.25) is 0 Å². The molecule has 0 radical (unpaired) electrons. The molecular weight excluding hydrogens is 472 g/mol. The van der Waals surface area contributed by atoms with Crippen LogP contribution in [0.1, 0.15) is 30.0 Å². The fraction of sp³-hybridized carbons (Fsp3) is 0.206. The highest BCUT2D eigenvalue weighted by molar-refractivity contribution is 5.72. The number of allylic oxidation sites excluding steroid dienone is 1. The predicted octanol–water partition coefficient (Wildman–Crippen LogP) is 7.48. The highest BCUT2D eigenvalue weighted by Crippen LogP contribution is 2.22. The van der Waals surface area contributed by atoms with Gasteiger partial charge in [-0.25, -0.2) is 4.79 Å². The highest BCUT2D eigenvalue weighted by Gasteiger charge is 2.18.